The van der Waals surface area contributed by atoms with Gasteiger partial charge in [0.2, 0.25) is 0 Å². The van der Waals surface area contributed by atoms with Gasteiger partial charge in [-0.05, 0) is 70.0 Å². The molecule has 2 heteroatoms. The number of nitrogens with zero attached hydrogens (tertiary/aromatic N) is 2. The topological polar surface area (TPSA) is 6.48 Å². The van der Waals surface area contributed by atoms with Gasteiger partial charge in [0.15, 0.2) is 0 Å². The van der Waals surface area contributed by atoms with E-state index < -0.39 is 0 Å². The summed E-state index contributed by atoms with van der Waals surface area (Å²) in [5, 5.41) is 0. The summed E-state index contributed by atoms with van der Waals surface area (Å²) in [6.07, 6.45) is 5.54. The van der Waals surface area contributed by atoms with Crippen molar-refractivity contribution in [3.8, 4) is 0 Å². The Balaban J connectivity index is 1.51. The van der Waals surface area contributed by atoms with Gasteiger partial charge in [0.25, 0.3) is 0 Å². The minimum absolute atomic E-state index is 0.331. The van der Waals surface area contributed by atoms with Crippen LogP contribution in [-0.4, -0.2) is 41.0 Å². The van der Waals surface area contributed by atoms with E-state index in [1.165, 1.54) is 45.3 Å². The highest BCUT2D eigenvalue weighted by molar-refractivity contribution is 5.36. The molecular formula is C20H30N2. The first-order valence-corrected chi connectivity index (χ1v) is 9.13. The maximum atomic E-state index is 2.82. The van der Waals surface area contributed by atoms with Crippen LogP contribution in [0.15, 0.2) is 24.3 Å². The number of benzene rings is 1. The van der Waals surface area contributed by atoms with Gasteiger partial charge in [0, 0.05) is 30.7 Å². The molecule has 0 N–H and O–H groups in total. The Morgan fingerprint density at radius 1 is 0.955 bits per heavy atom. The van der Waals surface area contributed by atoms with E-state index >= 15 is 0 Å². The van der Waals surface area contributed by atoms with Crippen molar-refractivity contribution < 1.29 is 0 Å². The molecule has 2 aliphatic heterocycles. The van der Waals surface area contributed by atoms with Crippen molar-refractivity contribution in [1.82, 2.24) is 9.80 Å². The predicted molar refractivity (Wildman–Crippen MR) is 92.2 cm³/mol. The van der Waals surface area contributed by atoms with Gasteiger partial charge in [0.05, 0.1) is 0 Å². The zero-order valence-corrected chi connectivity index (χ0v) is 14.4. The SMILES string of the molecule is CC(C)(C)N1CC(N2CCCC2c2ccccc2C2CC2)C1. The molecule has 1 aromatic rings. The van der Waals surface area contributed by atoms with Crippen LogP contribution in [0.2, 0.25) is 0 Å². The summed E-state index contributed by atoms with van der Waals surface area (Å²) < 4.78 is 0. The zero-order valence-electron chi connectivity index (χ0n) is 14.4. The van der Waals surface area contributed by atoms with Gasteiger partial charge in [-0.3, -0.25) is 9.80 Å². The summed E-state index contributed by atoms with van der Waals surface area (Å²) in [6.45, 7) is 10.8. The third-order valence-electron chi connectivity index (χ3n) is 5.95. The molecule has 2 heterocycles. The maximum absolute atomic E-state index is 2.82. The molecule has 1 aromatic carbocycles. The van der Waals surface area contributed by atoms with Gasteiger partial charge in [0.1, 0.15) is 0 Å². The summed E-state index contributed by atoms with van der Waals surface area (Å²) in [5.41, 5.74) is 3.64. The van der Waals surface area contributed by atoms with E-state index in [0.717, 1.165) is 12.0 Å². The van der Waals surface area contributed by atoms with Gasteiger partial charge >= 0.3 is 0 Å². The first kappa shape index (κ1) is 14.7. The van der Waals surface area contributed by atoms with Crippen molar-refractivity contribution >= 4 is 0 Å². The van der Waals surface area contributed by atoms with Crippen LogP contribution in [0.5, 0.6) is 0 Å². The molecule has 0 aromatic heterocycles. The lowest BCUT2D eigenvalue weighted by molar-refractivity contribution is -0.0274. The van der Waals surface area contributed by atoms with Crippen LogP contribution < -0.4 is 0 Å². The monoisotopic (exact) mass is 298 g/mol. The van der Waals surface area contributed by atoms with Crippen LogP contribution in [0.3, 0.4) is 0 Å². The molecule has 4 rings (SSSR count). The van der Waals surface area contributed by atoms with Crippen LogP contribution in [0.25, 0.3) is 0 Å². The molecule has 0 amide bonds. The largest absolute Gasteiger partial charge is 0.295 e. The molecule has 0 radical (unpaired) electrons. The van der Waals surface area contributed by atoms with E-state index in [2.05, 4.69) is 54.8 Å². The zero-order chi connectivity index (χ0) is 15.3. The van der Waals surface area contributed by atoms with Crippen LogP contribution in [0.4, 0.5) is 0 Å². The Kier molecular flexibility index (Phi) is 3.58. The molecule has 2 nitrogen and oxygen atoms in total. The van der Waals surface area contributed by atoms with E-state index in [1.54, 1.807) is 11.1 Å². The van der Waals surface area contributed by atoms with Gasteiger partial charge in [-0.25, -0.2) is 0 Å². The Hall–Kier alpha value is -0.860. The van der Waals surface area contributed by atoms with Crippen molar-refractivity contribution in [3.63, 3.8) is 0 Å². The van der Waals surface area contributed by atoms with Gasteiger partial charge in [-0.1, -0.05) is 24.3 Å². The molecule has 2 saturated heterocycles. The van der Waals surface area contributed by atoms with Crippen LogP contribution in [-0.2, 0) is 0 Å². The van der Waals surface area contributed by atoms with E-state index in [9.17, 15) is 0 Å². The second kappa shape index (κ2) is 5.35. The van der Waals surface area contributed by atoms with Crippen molar-refractivity contribution in [3.05, 3.63) is 35.4 Å². The van der Waals surface area contributed by atoms with Crippen LogP contribution >= 0.6 is 0 Å². The highest BCUT2D eigenvalue weighted by Gasteiger charge is 2.42. The fourth-order valence-corrected chi connectivity index (χ4v) is 4.35. The lowest BCUT2D eigenvalue weighted by Crippen LogP contribution is -2.64. The van der Waals surface area contributed by atoms with E-state index in [-0.39, 0.29) is 0 Å². The first-order chi connectivity index (χ1) is 10.5. The van der Waals surface area contributed by atoms with E-state index in [1.807, 2.05) is 0 Å². The van der Waals surface area contributed by atoms with Crippen LogP contribution in [0, 0.1) is 0 Å². The second-order valence-electron chi connectivity index (χ2n) is 8.53. The fourth-order valence-electron chi connectivity index (χ4n) is 4.35. The number of likely N-dealkylation sites (tertiary alicyclic amines) is 2. The highest BCUT2D eigenvalue weighted by atomic mass is 15.4. The molecule has 1 atom stereocenters. The lowest BCUT2D eigenvalue weighted by Gasteiger charge is -2.52. The molecular weight excluding hydrogens is 268 g/mol. The Bertz CT molecular complexity index is 535. The average Bonchev–Trinajstić information content (AvgIpc) is 3.15. The second-order valence-corrected chi connectivity index (χ2v) is 8.53. The van der Waals surface area contributed by atoms with Crippen LogP contribution in [0.1, 0.15) is 69.5 Å². The molecule has 120 valence electrons. The summed E-state index contributed by atoms with van der Waals surface area (Å²) in [7, 11) is 0. The molecule has 0 bridgehead atoms. The molecule has 1 unspecified atom stereocenters. The van der Waals surface area contributed by atoms with Crippen molar-refractivity contribution in [1.29, 1.82) is 0 Å². The minimum atomic E-state index is 0.331. The third-order valence-corrected chi connectivity index (χ3v) is 5.95. The predicted octanol–water partition coefficient (Wildman–Crippen LogP) is 4.18. The highest BCUT2D eigenvalue weighted by Crippen LogP contribution is 2.46. The molecule has 3 fully saturated rings. The Labute approximate surface area is 135 Å². The summed E-state index contributed by atoms with van der Waals surface area (Å²) in [5.74, 6) is 0.867. The average molecular weight is 298 g/mol. The molecule has 0 spiro atoms. The smallest absolute Gasteiger partial charge is 0.0357 e. The third kappa shape index (κ3) is 2.61. The van der Waals surface area contributed by atoms with Gasteiger partial charge in [-0.2, -0.15) is 0 Å². The number of hydrogen-bond donors (Lipinski definition) is 0. The number of hydrogen-bond acceptors (Lipinski definition) is 2. The fraction of sp³-hybridized carbons (Fsp3) is 0.700. The van der Waals surface area contributed by atoms with E-state index in [0.29, 0.717) is 11.6 Å². The summed E-state index contributed by atoms with van der Waals surface area (Å²) in [6, 6.07) is 10.8. The molecule has 3 aliphatic rings. The molecule has 1 saturated carbocycles. The minimum Gasteiger partial charge on any atom is -0.295 e. The lowest BCUT2D eigenvalue weighted by atomic mass is 9.92. The molecule has 1 aliphatic carbocycles. The number of rotatable bonds is 3. The van der Waals surface area contributed by atoms with Crippen molar-refractivity contribution in [2.45, 2.75) is 70.0 Å². The summed E-state index contributed by atoms with van der Waals surface area (Å²) in [4.78, 5) is 5.45. The Morgan fingerprint density at radius 2 is 1.64 bits per heavy atom. The Morgan fingerprint density at radius 3 is 2.27 bits per heavy atom. The van der Waals surface area contributed by atoms with Crippen molar-refractivity contribution in [2.24, 2.45) is 0 Å². The standard InChI is InChI=1S/C20H30N2/c1-20(2,3)21-13-16(14-21)22-12-6-9-19(22)18-8-5-4-7-17(18)15-10-11-15/h4-5,7-8,15-16,19H,6,9-14H2,1-3H3. The quantitative estimate of drug-likeness (QED) is 0.826. The van der Waals surface area contributed by atoms with Crippen molar-refractivity contribution in [2.75, 3.05) is 19.6 Å². The maximum Gasteiger partial charge on any atom is 0.0357 e. The normalized spacial score (nSPS) is 28.0. The first-order valence-electron chi connectivity index (χ1n) is 9.13. The molecule has 22 heavy (non-hydrogen) atoms. The van der Waals surface area contributed by atoms with Gasteiger partial charge < -0.3 is 0 Å². The van der Waals surface area contributed by atoms with Gasteiger partial charge in [-0.15, -0.1) is 0 Å². The van der Waals surface area contributed by atoms with E-state index in [4.69, 9.17) is 0 Å². The summed E-state index contributed by atoms with van der Waals surface area (Å²) >= 11 is 0.